The van der Waals surface area contributed by atoms with Gasteiger partial charge in [-0.2, -0.15) is 5.26 Å². The first kappa shape index (κ1) is 23.9. The molecule has 1 aliphatic heterocycles. The van der Waals surface area contributed by atoms with Gasteiger partial charge in [0.1, 0.15) is 11.8 Å². The Morgan fingerprint density at radius 3 is 2.79 bits per heavy atom. The van der Waals surface area contributed by atoms with Crippen LogP contribution in [0.3, 0.4) is 0 Å². The van der Waals surface area contributed by atoms with Crippen molar-refractivity contribution in [1.29, 1.82) is 5.26 Å². The van der Waals surface area contributed by atoms with E-state index < -0.39 is 0 Å². The van der Waals surface area contributed by atoms with Crippen LogP contribution in [-0.2, 0) is 6.42 Å². The Hall–Kier alpha value is -4.48. The van der Waals surface area contributed by atoms with Gasteiger partial charge < -0.3 is 15.0 Å². The number of para-hydroxylation sites is 1. The second-order valence-electron chi connectivity index (χ2n) is 9.38. The predicted molar refractivity (Wildman–Crippen MR) is 149 cm³/mol. The summed E-state index contributed by atoms with van der Waals surface area (Å²) in [5.41, 5.74) is 5.77. The first-order chi connectivity index (χ1) is 18.6. The van der Waals surface area contributed by atoms with Gasteiger partial charge in [-0.05, 0) is 55.2 Å². The van der Waals surface area contributed by atoms with Crippen molar-refractivity contribution in [2.24, 2.45) is 0 Å². The molecular weight excluding hydrogens is 494 g/mol. The quantitative estimate of drug-likeness (QED) is 0.353. The van der Waals surface area contributed by atoms with Crippen molar-refractivity contribution in [3.05, 3.63) is 89.1 Å². The van der Waals surface area contributed by atoms with Crippen LogP contribution in [0.25, 0.3) is 27.4 Å². The number of methoxy groups -OCH3 is 1. The molecule has 0 spiro atoms. The Morgan fingerprint density at radius 2 is 2.05 bits per heavy atom. The number of amides is 1. The number of aromatic nitrogens is 2. The van der Waals surface area contributed by atoms with E-state index in [1.165, 1.54) is 23.3 Å². The highest BCUT2D eigenvalue weighted by Crippen LogP contribution is 2.43. The number of hydrogen-bond acceptors (Lipinski definition) is 7. The lowest BCUT2D eigenvalue weighted by molar-refractivity contribution is 0.0983. The van der Waals surface area contributed by atoms with Crippen molar-refractivity contribution in [1.82, 2.24) is 15.3 Å². The highest BCUT2D eigenvalue weighted by molar-refractivity contribution is 7.16. The number of rotatable bonds is 6. The topological polar surface area (TPSA) is 91.1 Å². The molecule has 1 aromatic carbocycles. The first-order valence-corrected chi connectivity index (χ1v) is 13.3. The fraction of sp³-hybridized carbons (Fsp3) is 0.200. The maximum absolute atomic E-state index is 13.9. The van der Waals surface area contributed by atoms with Gasteiger partial charge in [0.15, 0.2) is 0 Å². The Bertz CT molecular complexity index is 1600. The molecule has 1 N–H and O–H groups in total. The third kappa shape index (κ3) is 4.42. The van der Waals surface area contributed by atoms with Gasteiger partial charge in [-0.3, -0.25) is 4.79 Å². The second-order valence-corrected chi connectivity index (χ2v) is 10.4. The summed E-state index contributed by atoms with van der Waals surface area (Å²) in [6.45, 7) is 4.78. The molecule has 1 amide bonds. The smallest absolute Gasteiger partial charge is 0.276 e. The number of thiophene rings is 1. The van der Waals surface area contributed by atoms with E-state index in [0.29, 0.717) is 41.7 Å². The summed E-state index contributed by atoms with van der Waals surface area (Å²) in [4.78, 5) is 26.9. The molecule has 7 nitrogen and oxygen atoms in total. The Labute approximate surface area is 225 Å². The molecule has 2 aliphatic rings. The number of nitrogens with one attached hydrogen (secondary N) is 1. The summed E-state index contributed by atoms with van der Waals surface area (Å²) >= 11 is 1.72. The minimum Gasteiger partial charge on any atom is -0.481 e. The SMILES string of the molecule is C=C(NC1CC1)c1cc2c(s1)-c1ccccc1N(C(=O)c1ccc(C#N)c(-c3ccc(OC)nc3)n1)CC2. The zero-order valence-electron chi connectivity index (χ0n) is 20.9. The standard InChI is InChI=1S/C30H25N5O2S/c1-18(33-22-9-10-22)26-15-19-13-14-35(25-6-4-3-5-23(25)29(19)38-26)30(36)24-11-7-20(16-31)28(34-24)21-8-12-27(37-2)32-17-21/h3-8,11-12,15,17,22,33H,1,9-10,13-14H2,2H3. The summed E-state index contributed by atoms with van der Waals surface area (Å²) in [5, 5.41) is 13.2. The first-order valence-electron chi connectivity index (χ1n) is 12.5. The number of ether oxygens (including phenoxy) is 1. The molecule has 4 heterocycles. The van der Waals surface area contributed by atoms with Gasteiger partial charge in [0.25, 0.3) is 5.91 Å². The third-order valence-electron chi connectivity index (χ3n) is 6.81. The molecule has 3 aromatic heterocycles. The number of hydrogen-bond donors (Lipinski definition) is 1. The van der Waals surface area contributed by atoms with Crippen molar-refractivity contribution >= 4 is 28.6 Å². The van der Waals surface area contributed by atoms with E-state index in [2.05, 4.69) is 40.1 Å². The van der Waals surface area contributed by atoms with E-state index in [-0.39, 0.29) is 11.6 Å². The number of pyridine rings is 2. The van der Waals surface area contributed by atoms with Crippen LogP contribution in [0, 0.1) is 11.3 Å². The largest absolute Gasteiger partial charge is 0.481 e. The highest BCUT2D eigenvalue weighted by Gasteiger charge is 2.29. The summed E-state index contributed by atoms with van der Waals surface area (Å²) in [6.07, 6.45) is 4.71. The molecular formula is C30H25N5O2S. The average molecular weight is 520 g/mol. The van der Waals surface area contributed by atoms with Crippen molar-refractivity contribution in [2.45, 2.75) is 25.3 Å². The summed E-state index contributed by atoms with van der Waals surface area (Å²) in [6, 6.07) is 19.7. The fourth-order valence-electron chi connectivity index (χ4n) is 4.67. The molecule has 0 radical (unpaired) electrons. The lowest BCUT2D eigenvalue weighted by Crippen LogP contribution is -2.33. The normalized spacial score (nSPS) is 14.1. The Balaban J connectivity index is 1.35. The van der Waals surface area contributed by atoms with Crippen molar-refractivity contribution in [3.63, 3.8) is 0 Å². The third-order valence-corrected chi connectivity index (χ3v) is 8.08. The average Bonchev–Trinajstić information content (AvgIpc) is 3.70. The number of benzene rings is 1. The minimum atomic E-state index is -0.208. The molecule has 1 saturated carbocycles. The molecule has 38 heavy (non-hydrogen) atoms. The molecule has 6 rings (SSSR count). The fourth-order valence-corrected chi connectivity index (χ4v) is 5.85. The number of anilines is 1. The number of fused-ring (bicyclic) bond motifs is 3. The van der Waals surface area contributed by atoms with Gasteiger partial charge in [0, 0.05) is 46.6 Å². The molecule has 0 bridgehead atoms. The number of nitrogens with zero attached hydrogens (tertiary/aromatic N) is 4. The van der Waals surface area contributed by atoms with Crippen LogP contribution < -0.4 is 15.0 Å². The van der Waals surface area contributed by atoms with Gasteiger partial charge in [0.2, 0.25) is 5.88 Å². The van der Waals surface area contributed by atoms with E-state index in [1.807, 2.05) is 18.2 Å². The molecule has 188 valence electrons. The van der Waals surface area contributed by atoms with Crippen LogP contribution in [0.15, 0.2) is 67.4 Å². The van der Waals surface area contributed by atoms with Crippen molar-refractivity contribution < 1.29 is 9.53 Å². The van der Waals surface area contributed by atoms with Gasteiger partial charge >= 0.3 is 0 Å². The van der Waals surface area contributed by atoms with Gasteiger partial charge in [-0.1, -0.05) is 24.8 Å². The molecule has 0 saturated heterocycles. The molecule has 4 aromatic rings. The zero-order valence-corrected chi connectivity index (χ0v) is 21.7. The van der Waals surface area contributed by atoms with Crippen LogP contribution in [-0.4, -0.2) is 35.6 Å². The van der Waals surface area contributed by atoms with E-state index >= 15 is 0 Å². The molecule has 0 atom stereocenters. The van der Waals surface area contributed by atoms with E-state index in [4.69, 9.17) is 4.74 Å². The van der Waals surface area contributed by atoms with Crippen LogP contribution in [0.5, 0.6) is 5.88 Å². The Morgan fingerprint density at radius 1 is 1.21 bits per heavy atom. The lowest BCUT2D eigenvalue weighted by atomic mass is 10.1. The van der Waals surface area contributed by atoms with E-state index in [9.17, 15) is 10.1 Å². The van der Waals surface area contributed by atoms with Crippen LogP contribution in [0.2, 0.25) is 0 Å². The van der Waals surface area contributed by atoms with Gasteiger partial charge in [0.05, 0.1) is 28.9 Å². The second kappa shape index (κ2) is 9.77. The van der Waals surface area contributed by atoms with E-state index in [1.54, 1.807) is 53.8 Å². The summed E-state index contributed by atoms with van der Waals surface area (Å²) in [5.74, 6) is 0.253. The van der Waals surface area contributed by atoms with Gasteiger partial charge in [-0.25, -0.2) is 9.97 Å². The summed E-state index contributed by atoms with van der Waals surface area (Å²) in [7, 11) is 1.54. The molecule has 8 heteroatoms. The van der Waals surface area contributed by atoms with Crippen LogP contribution in [0.1, 0.15) is 39.3 Å². The minimum absolute atomic E-state index is 0.208. The summed E-state index contributed by atoms with van der Waals surface area (Å²) < 4.78 is 5.14. The van der Waals surface area contributed by atoms with Crippen LogP contribution in [0.4, 0.5) is 5.69 Å². The van der Waals surface area contributed by atoms with E-state index in [0.717, 1.165) is 21.8 Å². The van der Waals surface area contributed by atoms with Crippen molar-refractivity contribution in [2.75, 3.05) is 18.6 Å². The number of carbonyl (C=O) groups excluding carboxylic acids is 1. The monoisotopic (exact) mass is 519 g/mol. The zero-order chi connectivity index (χ0) is 26.2. The maximum Gasteiger partial charge on any atom is 0.276 e. The Kier molecular flexibility index (Phi) is 6.14. The predicted octanol–water partition coefficient (Wildman–Crippen LogP) is 5.68. The number of nitriles is 1. The lowest BCUT2D eigenvalue weighted by Gasteiger charge is -2.23. The molecule has 0 unspecified atom stereocenters. The maximum atomic E-state index is 13.9. The van der Waals surface area contributed by atoms with Gasteiger partial charge in [-0.15, -0.1) is 11.3 Å². The number of carbonyl (C=O) groups is 1. The molecule has 1 aliphatic carbocycles. The van der Waals surface area contributed by atoms with Crippen LogP contribution >= 0.6 is 11.3 Å². The highest BCUT2D eigenvalue weighted by atomic mass is 32.1. The molecule has 1 fully saturated rings. The van der Waals surface area contributed by atoms with Crippen molar-refractivity contribution in [3.8, 4) is 33.6 Å².